The molecule has 5 nitrogen and oxygen atoms in total. The zero-order chi connectivity index (χ0) is 9.84. The van der Waals surface area contributed by atoms with Gasteiger partial charge in [0.1, 0.15) is 0 Å². The quantitative estimate of drug-likeness (QED) is 0.592. The molecular formula is C8H14N4O. The minimum absolute atomic E-state index is 0.198. The Bertz CT molecular complexity index is 286. The molecule has 72 valence electrons. The Labute approximate surface area is 76.7 Å². The summed E-state index contributed by atoms with van der Waals surface area (Å²) >= 11 is 0. The van der Waals surface area contributed by atoms with Crippen LogP contribution in [0, 0.1) is 13.8 Å². The molecule has 0 aromatic carbocycles. The van der Waals surface area contributed by atoms with Crippen molar-refractivity contribution in [3.05, 3.63) is 17.0 Å². The Morgan fingerprint density at radius 3 is 2.77 bits per heavy atom. The van der Waals surface area contributed by atoms with Crippen molar-refractivity contribution < 1.29 is 4.79 Å². The lowest BCUT2D eigenvalue weighted by Crippen LogP contribution is -2.28. The van der Waals surface area contributed by atoms with E-state index in [2.05, 4.69) is 15.5 Å². The molecule has 1 amide bonds. The molecule has 0 aliphatic rings. The lowest BCUT2D eigenvalue weighted by molar-refractivity contribution is -0.117. The van der Waals surface area contributed by atoms with Crippen molar-refractivity contribution >= 4 is 5.91 Å². The summed E-state index contributed by atoms with van der Waals surface area (Å²) in [5, 5.41) is 9.84. The SMILES string of the molecule is Cc1n[nH]c(C)c1CNCC(N)=O. The summed E-state index contributed by atoms with van der Waals surface area (Å²) in [5.41, 5.74) is 8.06. The van der Waals surface area contributed by atoms with E-state index >= 15 is 0 Å². The molecule has 13 heavy (non-hydrogen) atoms. The number of H-pyrrole nitrogens is 1. The molecule has 0 saturated carbocycles. The molecule has 0 bridgehead atoms. The van der Waals surface area contributed by atoms with Gasteiger partial charge in [-0.15, -0.1) is 0 Å². The Morgan fingerprint density at radius 1 is 1.62 bits per heavy atom. The number of carbonyl (C=O) groups excluding carboxylic acids is 1. The Morgan fingerprint density at radius 2 is 2.31 bits per heavy atom. The monoisotopic (exact) mass is 182 g/mol. The first kappa shape index (κ1) is 9.73. The highest BCUT2D eigenvalue weighted by Crippen LogP contribution is 2.07. The van der Waals surface area contributed by atoms with E-state index in [1.54, 1.807) is 0 Å². The molecule has 5 heteroatoms. The molecule has 0 saturated heterocycles. The van der Waals surface area contributed by atoms with Gasteiger partial charge in [0.25, 0.3) is 0 Å². The maximum absolute atomic E-state index is 10.4. The van der Waals surface area contributed by atoms with Crippen LogP contribution in [0.3, 0.4) is 0 Å². The topological polar surface area (TPSA) is 83.8 Å². The number of hydrogen-bond donors (Lipinski definition) is 3. The van der Waals surface area contributed by atoms with Gasteiger partial charge in [0.05, 0.1) is 12.2 Å². The van der Waals surface area contributed by atoms with Crippen molar-refractivity contribution in [2.24, 2.45) is 5.73 Å². The number of aromatic nitrogens is 2. The molecule has 1 rings (SSSR count). The number of nitrogens with one attached hydrogen (secondary N) is 2. The van der Waals surface area contributed by atoms with Crippen LogP contribution in [0.15, 0.2) is 0 Å². The molecule has 0 radical (unpaired) electrons. The Balaban J connectivity index is 2.49. The number of aryl methyl sites for hydroxylation is 2. The molecule has 0 unspecified atom stereocenters. The van der Waals surface area contributed by atoms with Crippen molar-refractivity contribution in [3.8, 4) is 0 Å². The van der Waals surface area contributed by atoms with E-state index in [4.69, 9.17) is 5.73 Å². The van der Waals surface area contributed by atoms with Crippen LogP contribution in [0.1, 0.15) is 17.0 Å². The summed E-state index contributed by atoms with van der Waals surface area (Å²) in [5.74, 6) is -0.348. The maximum Gasteiger partial charge on any atom is 0.231 e. The third kappa shape index (κ3) is 2.55. The summed E-state index contributed by atoms with van der Waals surface area (Å²) in [6.45, 7) is 4.69. The van der Waals surface area contributed by atoms with E-state index in [-0.39, 0.29) is 12.5 Å². The van der Waals surface area contributed by atoms with E-state index in [1.165, 1.54) is 0 Å². The number of carbonyl (C=O) groups is 1. The lowest BCUT2D eigenvalue weighted by Gasteiger charge is -2.01. The Hall–Kier alpha value is -1.36. The zero-order valence-electron chi connectivity index (χ0n) is 7.85. The molecule has 0 aliphatic carbocycles. The van der Waals surface area contributed by atoms with Crippen LogP contribution < -0.4 is 11.1 Å². The van der Waals surface area contributed by atoms with Crippen LogP contribution in [0.25, 0.3) is 0 Å². The van der Waals surface area contributed by atoms with Crippen molar-refractivity contribution in [3.63, 3.8) is 0 Å². The lowest BCUT2D eigenvalue weighted by atomic mass is 10.2. The van der Waals surface area contributed by atoms with Crippen LogP contribution >= 0.6 is 0 Å². The number of hydrogen-bond acceptors (Lipinski definition) is 3. The highest BCUT2D eigenvalue weighted by Gasteiger charge is 2.05. The van der Waals surface area contributed by atoms with E-state index in [1.807, 2.05) is 13.8 Å². The molecule has 1 heterocycles. The molecule has 1 aromatic heterocycles. The van der Waals surface area contributed by atoms with Gasteiger partial charge in [-0.05, 0) is 13.8 Å². The van der Waals surface area contributed by atoms with Crippen molar-refractivity contribution in [1.82, 2.24) is 15.5 Å². The van der Waals surface area contributed by atoms with E-state index in [9.17, 15) is 4.79 Å². The van der Waals surface area contributed by atoms with Crippen LogP contribution in [0.4, 0.5) is 0 Å². The molecule has 0 atom stereocenters. The fraction of sp³-hybridized carbons (Fsp3) is 0.500. The smallest absolute Gasteiger partial charge is 0.231 e. The third-order valence-corrected chi connectivity index (χ3v) is 1.88. The number of primary amides is 1. The van der Waals surface area contributed by atoms with Crippen molar-refractivity contribution in [2.75, 3.05) is 6.54 Å². The number of aromatic amines is 1. The average Bonchev–Trinajstić information content (AvgIpc) is 2.34. The minimum atomic E-state index is -0.348. The van der Waals surface area contributed by atoms with Crippen molar-refractivity contribution in [1.29, 1.82) is 0 Å². The zero-order valence-corrected chi connectivity index (χ0v) is 7.85. The van der Waals surface area contributed by atoms with Gasteiger partial charge in [-0.2, -0.15) is 5.10 Å². The summed E-state index contributed by atoms with van der Waals surface area (Å²) in [4.78, 5) is 10.4. The summed E-state index contributed by atoms with van der Waals surface area (Å²) < 4.78 is 0. The van der Waals surface area contributed by atoms with Gasteiger partial charge in [-0.3, -0.25) is 9.89 Å². The average molecular weight is 182 g/mol. The predicted octanol–water partition coefficient (Wildman–Crippen LogP) is -0.399. The molecule has 0 spiro atoms. The number of nitrogens with two attached hydrogens (primary N) is 1. The first-order chi connectivity index (χ1) is 6.11. The first-order valence-electron chi connectivity index (χ1n) is 4.10. The van der Waals surface area contributed by atoms with E-state index < -0.39 is 0 Å². The molecular weight excluding hydrogens is 168 g/mol. The molecule has 0 fully saturated rings. The predicted molar refractivity (Wildman–Crippen MR) is 49.0 cm³/mol. The fourth-order valence-electron chi connectivity index (χ4n) is 1.15. The second-order valence-corrected chi connectivity index (χ2v) is 2.98. The normalized spacial score (nSPS) is 10.3. The largest absolute Gasteiger partial charge is 0.369 e. The Kier molecular flexibility index (Phi) is 3.02. The molecule has 0 aliphatic heterocycles. The van der Waals surface area contributed by atoms with Crippen LogP contribution in [0.5, 0.6) is 0 Å². The first-order valence-corrected chi connectivity index (χ1v) is 4.10. The third-order valence-electron chi connectivity index (χ3n) is 1.88. The van der Waals surface area contributed by atoms with Gasteiger partial charge < -0.3 is 11.1 Å². The highest BCUT2D eigenvalue weighted by molar-refractivity contribution is 5.75. The van der Waals surface area contributed by atoms with Gasteiger partial charge in [-0.1, -0.05) is 0 Å². The number of rotatable bonds is 4. The van der Waals surface area contributed by atoms with Crippen LogP contribution in [-0.2, 0) is 11.3 Å². The van der Waals surface area contributed by atoms with Gasteiger partial charge in [0.15, 0.2) is 0 Å². The summed E-state index contributed by atoms with van der Waals surface area (Å²) in [6, 6.07) is 0. The minimum Gasteiger partial charge on any atom is -0.369 e. The van der Waals surface area contributed by atoms with Gasteiger partial charge in [0, 0.05) is 17.8 Å². The van der Waals surface area contributed by atoms with Gasteiger partial charge in [-0.25, -0.2) is 0 Å². The number of amides is 1. The fourth-order valence-corrected chi connectivity index (χ4v) is 1.15. The second-order valence-electron chi connectivity index (χ2n) is 2.98. The highest BCUT2D eigenvalue weighted by atomic mass is 16.1. The maximum atomic E-state index is 10.4. The van der Waals surface area contributed by atoms with Crippen LogP contribution in [-0.4, -0.2) is 22.6 Å². The van der Waals surface area contributed by atoms with Gasteiger partial charge in [0.2, 0.25) is 5.91 Å². The second kappa shape index (κ2) is 4.04. The van der Waals surface area contributed by atoms with E-state index in [0.29, 0.717) is 6.54 Å². The van der Waals surface area contributed by atoms with Crippen LogP contribution in [0.2, 0.25) is 0 Å². The summed E-state index contributed by atoms with van der Waals surface area (Å²) in [7, 11) is 0. The van der Waals surface area contributed by atoms with E-state index in [0.717, 1.165) is 17.0 Å². The standard InChI is InChI=1S/C8H14N4O/c1-5-7(6(2)12-11-5)3-10-4-8(9)13/h10H,3-4H2,1-2H3,(H2,9,13)(H,11,12). The summed E-state index contributed by atoms with van der Waals surface area (Å²) in [6.07, 6.45) is 0. The molecule has 4 N–H and O–H groups in total. The van der Waals surface area contributed by atoms with Crippen molar-refractivity contribution in [2.45, 2.75) is 20.4 Å². The molecule has 1 aromatic rings. The van der Waals surface area contributed by atoms with Gasteiger partial charge >= 0.3 is 0 Å². The number of nitrogens with zero attached hydrogens (tertiary/aromatic N) is 1.